The lowest BCUT2D eigenvalue weighted by molar-refractivity contribution is -0.147. The molecule has 1 aromatic rings. The zero-order chi connectivity index (χ0) is 24.8. The van der Waals surface area contributed by atoms with Crippen LogP contribution in [0, 0.1) is 17.2 Å². The summed E-state index contributed by atoms with van der Waals surface area (Å²) in [7, 11) is 6.62. The van der Waals surface area contributed by atoms with E-state index in [1.54, 1.807) is 38.2 Å². The third-order valence-corrected chi connectivity index (χ3v) is 6.81. The van der Waals surface area contributed by atoms with Crippen molar-refractivity contribution in [1.29, 1.82) is 5.26 Å². The highest BCUT2D eigenvalue weighted by Gasteiger charge is 2.34. The normalized spacial score (nSPS) is 29.2. The van der Waals surface area contributed by atoms with E-state index < -0.39 is 12.0 Å². The van der Waals surface area contributed by atoms with Gasteiger partial charge in [-0.1, -0.05) is 6.92 Å². The number of ether oxygens (including phenoxy) is 4. The zero-order valence-corrected chi connectivity index (χ0v) is 20.7. The monoisotopic (exact) mass is 473 g/mol. The van der Waals surface area contributed by atoms with Gasteiger partial charge in [-0.15, -0.1) is 0 Å². The van der Waals surface area contributed by atoms with Gasteiger partial charge in [0.25, 0.3) is 5.91 Å². The Kier molecular flexibility index (Phi) is 8.89. The van der Waals surface area contributed by atoms with Crippen LogP contribution in [0.3, 0.4) is 0 Å². The molecule has 2 bridgehead atoms. The van der Waals surface area contributed by atoms with Crippen LogP contribution in [0.25, 0.3) is 0 Å². The Morgan fingerprint density at radius 3 is 2.47 bits per heavy atom. The van der Waals surface area contributed by atoms with Gasteiger partial charge in [-0.25, -0.2) is 0 Å². The Labute approximate surface area is 201 Å². The third kappa shape index (κ3) is 5.87. The van der Waals surface area contributed by atoms with Crippen molar-refractivity contribution in [2.75, 3.05) is 48.0 Å². The molecule has 0 aliphatic carbocycles. The summed E-state index contributed by atoms with van der Waals surface area (Å²) in [5, 5.41) is 9.36. The minimum atomic E-state index is -0.488. The molecule has 1 fully saturated rings. The van der Waals surface area contributed by atoms with E-state index in [-0.39, 0.29) is 48.8 Å². The molecule has 1 saturated heterocycles. The topological polar surface area (TPSA) is 101 Å². The number of amides is 2. The van der Waals surface area contributed by atoms with Crippen LogP contribution in [0.2, 0.25) is 0 Å². The average Bonchev–Trinajstić information content (AvgIpc) is 2.86. The van der Waals surface area contributed by atoms with E-state index in [4.69, 9.17) is 18.9 Å². The molecular formula is C25H35N3O6. The van der Waals surface area contributed by atoms with E-state index in [1.807, 2.05) is 6.92 Å². The minimum Gasteiger partial charge on any atom is -0.490 e. The van der Waals surface area contributed by atoms with E-state index in [9.17, 15) is 14.9 Å². The molecule has 186 valence electrons. The zero-order valence-electron chi connectivity index (χ0n) is 20.7. The van der Waals surface area contributed by atoms with Gasteiger partial charge in [0.15, 0.2) is 0 Å². The van der Waals surface area contributed by atoms with Crippen LogP contribution < -0.4 is 4.74 Å². The molecular weight excluding hydrogens is 438 g/mol. The Morgan fingerprint density at radius 1 is 1.06 bits per heavy atom. The van der Waals surface area contributed by atoms with Gasteiger partial charge in [0, 0.05) is 41.4 Å². The van der Waals surface area contributed by atoms with E-state index in [0.717, 1.165) is 12.8 Å². The molecule has 2 amide bonds. The van der Waals surface area contributed by atoms with E-state index in [2.05, 4.69) is 6.07 Å². The standard InChI is InChI=1S/C25H35N3O6/c1-16-22(32-5)14-28(3)25(30)19-12-17(13-26)6-8-20(19)33-15-23-21(31-4)9-7-18(34-23)10-11-27(2)24(16)29/h6,8,12,16,18,21-23H,7,9-11,14-15H2,1-5H3/t16-,18+,21+,22+,23-/m0/s1. The van der Waals surface area contributed by atoms with E-state index in [0.29, 0.717) is 24.3 Å². The van der Waals surface area contributed by atoms with Gasteiger partial charge in [-0.2, -0.15) is 5.26 Å². The molecule has 9 nitrogen and oxygen atoms in total. The number of carbonyl (C=O) groups is 2. The van der Waals surface area contributed by atoms with Crippen molar-refractivity contribution in [3.8, 4) is 11.8 Å². The van der Waals surface area contributed by atoms with Crippen LogP contribution >= 0.6 is 0 Å². The van der Waals surface area contributed by atoms with Crippen molar-refractivity contribution >= 4 is 11.8 Å². The Balaban J connectivity index is 1.96. The van der Waals surface area contributed by atoms with E-state index >= 15 is 0 Å². The van der Waals surface area contributed by atoms with Crippen molar-refractivity contribution in [1.82, 2.24) is 9.80 Å². The highest BCUT2D eigenvalue weighted by molar-refractivity contribution is 5.97. The predicted octanol–water partition coefficient (Wildman–Crippen LogP) is 2.08. The largest absolute Gasteiger partial charge is 0.490 e. The fourth-order valence-electron chi connectivity index (χ4n) is 4.58. The highest BCUT2D eigenvalue weighted by Crippen LogP contribution is 2.28. The van der Waals surface area contributed by atoms with Crippen molar-refractivity contribution in [2.24, 2.45) is 5.92 Å². The maximum atomic E-state index is 13.4. The van der Waals surface area contributed by atoms with Crippen LogP contribution in [0.4, 0.5) is 0 Å². The van der Waals surface area contributed by atoms with Crippen molar-refractivity contribution < 1.29 is 28.5 Å². The van der Waals surface area contributed by atoms with E-state index in [1.165, 1.54) is 18.1 Å². The molecule has 34 heavy (non-hydrogen) atoms. The molecule has 0 spiro atoms. The number of nitriles is 1. The SMILES string of the molecule is CO[C@@H]1CC[C@@H]2CCN(C)C(=O)[C@@H](C)[C@H](OC)CN(C)C(=O)c3cc(C#N)ccc3OC[C@@H]1O2. The Bertz CT molecular complexity index is 916. The first-order chi connectivity index (χ1) is 16.3. The molecule has 0 N–H and O–H groups in total. The second-order valence-corrected chi connectivity index (χ2v) is 9.08. The molecule has 0 radical (unpaired) electrons. The Morgan fingerprint density at radius 2 is 1.79 bits per heavy atom. The molecule has 9 heteroatoms. The number of hydrogen-bond acceptors (Lipinski definition) is 7. The van der Waals surface area contributed by atoms with Crippen LogP contribution in [0.5, 0.6) is 5.75 Å². The smallest absolute Gasteiger partial charge is 0.257 e. The lowest BCUT2D eigenvalue weighted by atomic mass is 9.98. The number of rotatable bonds is 2. The summed E-state index contributed by atoms with van der Waals surface area (Å²) in [4.78, 5) is 29.7. The summed E-state index contributed by atoms with van der Waals surface area (Å²) < 4.78 is 23.6. The summed E-state index contributed by atoms with van der Waals surface area (Å²) in [6, 6.07) is 6.86. The van der Waals surface area contributed by atoms with Crippen LogP contribution in [-0.4, -0.2) is 94.0 Å². The van der Waals surface area contributed by atoms with Crippen molar-refractivity contribution in [3.63, 3.8) is 0 Å². The lowest BCUT2D eigenvalue weighted by Crippen LogP contribution is -2.47. The molecule has 0 aromatic heterocycles. The molecule has 2 heterocycles. The molecule has 0 unspecified atom stereocenters. The van der Waals surface area contributed by atoms with Gasteiger partial charge in [0.2, 0.25) is 5.91 Å². The van der Waals surface area contributed by atoms with Gasteiger partial charge in [0.1, 0.15) is 18.5 Å². The summed E-state index contributed by atoms with van der Waals surface area (Å²) in [6.07, 6.45) is 1.40. The predicted molar refractivity (Wildman–Crippen MR) is 125 cm³/mol. The van der Waals surface area contributed by atoms with Gasteiger partial charge < -0.3 is 28.7 Å². The molecule has 1 aromatic carbocycles. The average molecular weight is 474 g/mol. The summed E-state index contributed by atoms with van der Waals surface area (Å²) >= 11 is 0. The molecule has 0 saturated carbocycles. The summed E-state index contributed by atoms with van der Waals surface area (Å²) in [5.74, 6) is -0.434. The first-order valence-corrected chi connectivity index (χ1v) is 11.7. The fourth-order valence-corrected chi connectivity index (χ4v) is 4.58. The molecule has 3 rings (SSSR count). The maximum Gasteiger partial charge on any atom is 0.257 e. The van der Waals surface area contributed by atoms with Crippen LogP contribution in [0.1, 0.15) is 42.1 Å². The number of hydrogen-bond donors (Lipinski definition) is 0. The van der Waals surface area contributed by atoms with Crippen LogP contribution in [0.15, 0.2) is 18.2 Å². The third-order valence-electron chi connectivity index (χ3n) is 6.81. The maximum absolute atomic E-state index is 13.4. The number of carbonyl (C=O) groups excluding carboxylic acids is 2. The second kappa shape index (κ2) is 11.6. The number of methoxy groups -OCH3 is 2. The fraction of sp³-hybridized carbons (Fsp3) is 0.640. The Hall–Kier alpha value is -2.67. The van der Waals surface area contributed by atoms with Gasteiger partial charge in [-0.3, -0.25) is 9.59 Å². The van der Waals surface area contributed by atoms with Gasteiger partial charge in [0.05, 0.1) is 41.4 Å². The molecule has 2 aliphatic heterocycles. The number of likely N-dealkylation sites (N-methyl/N-ethyl adjacent to an activating group) is 1. The number of benzene rings is 1. The summed E-state index contributed by atoms with van der Waals surface area (Å²) in [6.45, 7) is 2.80. The van der Waals surface area contributed by atoms with Crippen molar-refractivity contribution in [2.45, 2.75) is 50.6 Å². The second-order valence-electron chi connectivity index (χ2n) is 9.08. The lowest BCUT2D eigenvalue weighted by Gasteiger charge is -2.37. The highest BCUT2D eigenvalue weighted by atomic mass is 16.6. The number of fused-ring (bicyclic) bond motifs is 3. The minimum absolute atomic E-state index is 0.0233. The van der Waals surface area contributed by atoms with Gasteiger partial charge >= 0.3 is 0 Å². The van der Waals surface area contributed by atoms with Crippen molar-refractivity contribution in [3.05, 3.63) is 29.3 Å². The number of nitrogens with zero attached hydrogens (tertiary/aromatic N) is 3. The molecule has 2 aliphatic rings. The molecule has 5 atom stereocenters. The first kappa shape index (κ1) is 25.9. The quantitative estimate of drug-likeness (QED) is 0.648. The summed E-state index contributed by atoms with van der Waals surface area (Å²) in [5.41, 5.74) is 0.636. The first-order valence-electron chi connectivity index (χ1n) is 11.7. The van der Waals surface area contributed by atoms with Crippen LogP contribution in [-0.2, 0) is 19.0 Å². The van der Waals surface area contributed by atoms with Gasteiger partial charge in [-0.05, 0) is 37.5 Å².